The molecule has 0 saturated heterocycles. The average Bonchev–Trinajstić information content (AvgIpc) is 2.53. The number of azo groups is 1. The monoisotopic (exact) mass is 301 g/mol. The summed E-state index contributed by atoms with van der Waals surface area (Å²) >= 11 is 1.04. The first kappa shape index (κ1) is 15.2. The molecule has 0 bridgehead atoms. The molecule has 6 heteroatoms. The van der Waals surface area contributed by atoms with Crippen LogP contribution in [0.25, 0.3) is 0 Å². The number of anilines is 1. The van der Waals surface area contributed by atoms with Crippen molar-refractivity contribution in [3.05, 3.63) is 54.6 Å². The van der Waals surface area contributed by atoms with E-state index in [9.17, 15) is 4.79 Å². The molecule has 2 aromatic carbocycles. The zero-order valence-corrected chi connectivity index (χ0v) is 12.1. The van der Waals surface area contributed by atoms with Gasteiger partial charge >= 0.3 is 0 Å². The second-order valence-electron chi connectivity index (χ2n) is 4.07. The molecule has 0 fully saturated rings. The first-order valence-electron chi connectivity index (χ1n) is 6.39. The number of nitrogens with zero attached hydrogens (tertiary/aromatic N) is 2. The fourth-order valence-corrected chi connectivity index (χ4v) is 1.98. The highest BCUT2D eigenvalue weighted by Gasteiger charge is 2.02. The van der Waals surface area contributed by atoms with E-state index in [4.69, 9.17) is 5.11 Å². The topological polar surface area (TPSA) is 74.0 Å². The van der Waals surface area contributed by atoms with Crippen molar-refractivity contribution in [3.8, 4) is 0 Å². The number of aliphatic hydroxyl groups excluding tert-OH is 1. The number of hydrogen-bond acceptors (Lipinski definition) is 5. The van der Waals surface area contributed by atoms with Gasteiger partial charge in [-0.1, -0.05) is 30.0 Å². The van der Waals surface area contributed by atoms with Crippen LogP contribution in [0.1, 0.15) is 0 Å². The van der Waals surface area contributed by atoms with E-state index >= 15 is 0 Å². The third kappa shape index (κ3) is 5.37. The van der Waals surface area contributed by atoms with E-state index in [0.29, 0.717) is 17.1 Å². The summed E-state index contributed by atoms with van der Waals surface area (Å²) in [6.07, 6.45) is 0. The molecule has 0 aliphatic rings. The lowest BCUT2D eigenvalue weighted by Crippen LogP contribution is -2.06. The second kappa shape index (κ2) is 8.18. The third-order valence-electron chi connectivity index (χ3n) is 2.48. The molecule has 0 atom stereocenters. The lowest BCUT2D eigenvalue weighted by Gasteiger charge is -2.03. The van der Waals surface area contributed by atoms with Crippen LogP contribution < -0.4 is 5.32 Å². The largest absolute Gasteiger partial charge is 0.396 e. The van der Waals surface area contributed by atoms with Crippen molar-refractivity contribution in [2.24, 2.45) is 10.2 Å². The highest BCUT2D eigenvalue weighted by molar-refractivity contribution is 8.13. The SMILES string of the molecule is O=C(Nc1ccc(N=Nc2ccccc2)cc1)SCCO. The molecule has 21 heavy (non-hydrogen) atoms. The Morgan fingerprint density at radius 2 is 1.62 bits per heavy atom. The summed E-state index contributed by atoms with van der Waals surface area (Å²) in [5.41, 5.74) is 2.18. The van der Waals surface area contributed by atoms with E-state index in [1.54, 1.807) is 24.3 Å². The number of nitrogens with one attached hydrogen (secondary N) is 1. The molecule has 0 aromatic heterocycles. The van der Waals surface area contributed by atoms with Gasteiger partial charge in [-0.3, -0.25) is 4.79 Å². The van der Waals surface area contributed by atoms with Gasteiger partial charge in [0.25, 0.3) is 5.24 Å². The molecule has 0 aliphatic heterocycles. The zero-order valence-electron chi connectivity index (χ0n) is 11.3. The van der Waals surface area contributed by atoms with Crippen molar-refractivity contribution in [1.82, 2.24) is 0 Å². The van der Waals surface area contributed by atoms with Gasteiger partial charge < -0.3 is 10.4 Å². The van der Waals surface area contributed by atoms with Gasteiger partial charge in [0.15, 0.2) is 0 Å². The molecule has 2 N–H and O–H groups in total. The minimum absolute atomic E-state index is 0.0170. The van der Waals surface area contributed by atoms with Gasteiger partial charge in [0, 0.05) is 11.4 Å². The Morgan fingerprint density at radius 1 is 1.00 bits per heavy atom. The van der Waals surface area contributed by atoms with Gasteiger partial charge in [-0.15, -0.1) is 0 Å². The highest BCUT2D eigenvalue weighted by Crippen LogP contribution is 2.20. The highest BCUT2D eigenvalue weighted by atomic mass is 32.2. The number of benzene rings is 2. The summed E-state index contributed by atoms with van der Waals surface area (Å²) in [5.74, 6) is 0.384. The molecule has 1 amide bonds. The molecule has 0 aliphatic carbocycles. The van der Waals surface area contributed by atoms with Gasteiger partial charge in [-0.2, -0.15) is 10.2 Å². The van der Waals surface area contributed by atoms with E-state index < -0.39 is 0 Å². The normalized spacial score (nSPS) is 10.7. The summed E-state index contributed by atoms with van der Waals surface area (Å²) < 4.78 is 0. The van der Waals surface area contributed by atoms with Crippen LogP contribution in [0.2, 0.25) is 0 Å². The Bertz CT molecular complexity index is 600. The van der Waals surface area contributed by atoms with Gasteiger partial charge in [0.2, 0.25) is 0 Å². The number of aliphatic hydroxyl groups is 1. The van der Waals surface area contributed by atoms with Crippen LogP contribution >= 0.6 is 11.8 Å². The molecule has 2 rings (SSSR count). The number of carbonyl (C=O) groups excluding carboxylic acids is 1. The van der Waals surface area contributed by atoms with Crippen molar-refractivity contribution in [2.45, 2.75) is 0 Å². The van der Waals surface area contributed by atoms with Gasteiger partial charge in [0.1, 0.15) is 0 Å². The predicted molar refractivity (Wildman–Crippen MR) is 85.6 cm³/mol. The van der Waals surface area contributed by atoms with E-state index in [2.05, 4.69) is 15.5 Å². The van der Waals surface area contributed by atoms with E-state index in [1.165, 1.54) is 0 Å². The van der Waals surface area contributed by atoms with Crippen LogP contribution in [0, 0.1) is 0 Å². The predicted octanol–water partition coefficient (Wildman–Crippen LogP) is 4.36. The molecular weight excluding hydrogens is 286 g/mol. The smallest absolute Gasteiger partial charge is 0.283 e. The lowest BCUT2D eigenvalue weighted by molar-refractivity contribution is 0.269. The molecule has 0 saturated carbocycles. The van der Waals surface area contributed by atoms with Crippen LogP contribution in [0.3, 0.4) is 0 Å². The maximum absolute atomic E-state index is 11.5. The first-order valence-corrected chi connectivity index (χ1v) is 7.38. The van der Waals surface area contributed by atoms with Crippen LogP contribution in [0.4, 0.5) is 21.9 Å². The zero-order chi connectivity index (χ0) is 14.9. The third-order valence-corrected chi connectivity index (χ3v) is 3.23. The van der Waals surface area contributed by atoms with Crippen molar-refractivity contribution < 1.29 is 9.90 Å². The van der Waals surface area contributed by atoms with E-state index in [-0.39, 0.29) is 11.8 Å². The number of thioether (sulfide) groups is 1. The number of carbonyl (C=O) groups is 1. The lowest BCUT2D eigenvalue weighted by atomic mass is 10.3. The Balaban J connectivity index is 1.93. The first-order chi connectivity index (χ1) is 10.3. The van der Waals surface area contributed by atoms with Crippen molar-refractivity contribution in [2.75, 3.05) is 17.7 Å². The molecule has 108 valence electrons. The molecule has 0 unspecified atom stereocenters. The van der Waals surface area contributed by atoms with Gasteiger partial charge in [0.05, 0.1) is 18.0 Å². The Labute approximate surface area is 127 Å². The number of amides is 1. The van der Waals surface area contributed by atoms with Crippen LogP contribution in [0.15, 0.2) is 64.8 Å². The minimum atomic E-state index is -0.192. The van der Waals surface area contributed by atoms with Crippen LogP contribution in [-0.4, -0.2) is 22.7 Å². The molecule has 0 radical (unpaired) electrons. The summed E-state index contributed by atoms with van der Waals surface area (Å²) in [6.45, 7) is -0.0170. The standard InChI is InChI=1S/C15H15N3O2S/c19-10-11-21-15(20)16-12-6-8-14(9-7-12)18-17-13-4-2-1-3-5-13/h1-9,19H,10-11H2,(H,16,20). The average molecular weight is 301 g/mol. The Morgan fingerprint density at radius 3 is 2.24 bits per heavy atom. The quantitative estimate of drug-likeness (QED) is 0.806. The van der Waals surface area contributed by atoms with Crippen LogP contribution in [-0.2, 0) is 0 Å². The minimum Gasteiger partial charge on any atom is -0.396 e. The van der Waals surface area contributed by atoms with Crippen molar-refractivity contribution >= 4 is 34.1 Å². The van der Waals surface area contributed by atoms with Crippen LogP contribution in [0.5, 0.6) is 0 Å². The fraction of sp³-hybridized carbons (Fsp3) is 0.133. The van der Waals surface area contributed by atoms with E-state index in [1.807, 2.05) is 30.3 Å². The summed E-state index contributed by atoms with van der Waals surface area (Å²) in [6, 6.07) is 16.5. The Kier molecular flexibility index (Phi) is 5.93. The summed E-state index contributed by atoms with van der Waals surface area (Å²) in [7, 11) is 0. The number of hydrogen-bond donors (Lipinski definition) is 2. The molecule has 0 heterocycles. The maximum atomic E-state index is 11.5. The van der Waals surface area contributed by atoms with Crippen molar-refractivity contribution in [3.63, 3.8) is 0 Å². The van der Waals surface area contributed by atoms with Gasteiger partial charge in [-0.05, 0) is 36.4 Å². The molecule has 0 spiro atoms. The molecular formula is C15H15N3O2S. The summed E-state index contributed by atoms with van der Waals surface area (Å²) in [4.78, 5) is 11.5. The van der Waals surface area contributed by atoms with Crippen molar-refractivity contribution in [1.29, 1.82) is 0 Å². The van der Waals surface area contributed by atoms with E-state index in [0.717, 1.165) is 17.4 Å². The maximum Gasteiger partial charge on any atom is 0.283 e. The Hall–Kier alpha value is -2.18. The second-order valence-corrected chi connectivity index (χ2v) is 5.13. The van der Waals surface area contributed by atoms with Gasteiger partial charge in [-0.25, -0.2) is 0 Å². The molecule has 5 nitrogen and oxygen atoms in total. The molecule has 2 aromatic rings. The fourth-order valence-electron chi connectivity index (χ4n) is 1.51. The summed E-state index contributed by atoms with van der Waals surface area (Å²) in [5, 5.41) is 19.4. The number of rotatable bonds is 5.